The lowest BCUT2D eigenvalue weighted by Crippen LogP contribution is -2.29. The van der Waals surface area contributed by atoms with E-state index < -0.39 is 5.54 Å². The highest BCUT2D eigenvalue weighted by atomic mass is 15.2. The summed E-state index contributed by atoms with van der Waals surface area (Å²) in [5.41, 5.74) is -0.630. The number of nitrogens with one attached hydrogen (secondary N) is 1. The molecule has 1 rings (SSSR count). The lowest BCUT2D eigenvalue weighted by molar-refractivity contribution is 0.722. The highest BCUT2D eigenvalue weighted by Crippen LogP contribution is 2.16. The first-order valence-electron chi connectivity index (χ1n) is 5.78. The van der Waals surface area contributed by atoms with Crippen LogP contribution in [-0.2, 0) is 0 Å². The molecule has 0 radical (unpaired) electrons. The summed E-state index contributed by atoms with van der Waals surface area (Å²) in [4.78, 5) is 10.5. The van der Waals surface area contributed by atoms with Gasteiger partial charge in [-0.05, 0) is 27.7 Å². The third-order valence-corrected chi connectivity index (χ3v) is 2.46. The van der Waals surface area contributed by atoms with Crippen molar-refractivity contribution in [1.29, 1.82) is 5.26 Å². The molecule has 0 aliphatic rings. The summed E-state index contributed by atoms with van der Waals surface area (Å²) in [6.45, 7) is 9.58. The molecule has 0 atom stereocenters. The van der Waals surface area contributed by atoms with Crippen LogP contribution in [0.5, 0.6) is 0 Å². The predicted molar refractivity (Wildman–Crippen MR) is 68.9 cm³/mol. The van der Waals surface area contributed by atoms with Crippen LogP contribution in [0, 0.1) is 11.3 Å². The molecule has 0 bridgehead atoms. The van der Waals surface area contributed by atoms with Crippen molar-refractivity contribution in [2.24, 2.45) is 0 Å². The van der Waals surface area contributed by atoms with Gasteiger partial charge in [-0.2, -0.15) is 5.26 Å². The number of nitriles is 1. The molecular formula is C12H19N5. The van der Waals surface area contributed by atoms with Crippen LogP contribution in [0.2, 0.25) is 0 Å². The lowest BCUT2D eigenvalue weighted by Gasteiger charge is -2.22. The fourth-order valence-corrected chi connectivity index (χ4v) is 1.48. The zero-order valence-corrected chi connectivity index (χ0v) is 10.9. The Kier molecular flexibility index (Phi) is 4.27. The van der Waals surface area contributed by atoms with Crippen LogP contribution in [0.25, 0.3) is 0 Å². The fourth-order valence-electron chi connectivity index (χ4n) is 1.48. The van der Waals surface area contributed by atoms with Gasteiger partial charge in [-0.3, -0.25) is 0 Å². The molecule has 1 aromatic heterocycles. The first kappa shape index (κ1) is 13.2. The minimum atomic E-state index is -0.630. The van der Waals surface area contributed by atoms with E-state index in [0.29, 0.717) is 5.82 Å². The Balaban J connectivity index is 2.90. The Labute approximate surface area is 102 Å². The zero-order valence-electron chi connectivity index (χ0n) is 10.9. The first-order chi connectivity index (χ1) is 8.02. The molecule has 1 aromatic rings. The van der Waals surface area contributed by atoms with E-state index in [-0.39, 0.29) is 0 Å². The van der Waals surface area contributed by atoms with E-state index in [9.17, 15) is 0 Å². The molecule has 0 unspecified atom stereocenters. The third-order valence-electron chi connectivity index (χ3n) is 2.46. The number of nitrogens with zero attached hydrogens (tertiary/aromatic N) is 4. The molecule has 0 amide bonds. The summed E-state index contributed by atoms with van der Waals surface area (Å²) in [5, 5.41) is 12.0. The van der Waals surface area contributed by atoms with Gasteiger partial charge in [-0.1, -0.05) is 0 Å². The molecule has 0 saturated carbocycles. The predicted octanol–water partition coefficient (Wildman–Crippen LogP) is 2.04. The molecule has 17 heavy (non-hydrogen) atoms. The lowest BCUT2D eigenvalue weighted by atomic mass is 10.1. The van der Waals surface area contributed by atoms with Gasteiger partial charge >= 0.3 is 0 Å². The van der Waals surface area contributed by atoms with Gasteiger partial charge in [0.2, 0.25) is 0 Å². The Bertz CT molecular complexity index is 404. The van der Waals surface area contributed by atoms with Gasteiger partial charge < -0.3 is 10.2 Å². The monoisotopic (exact) mass is 233 g/mol. The van der Waals surface area contributed by atoms with Crippen molar-refractivity contribution in [3.8, 4) is 6.07 Å². The van der Waals surface area contributed by atoms with Gasteiger partial charge in [0.1, 0.15) is 23.5 Å². The highest BCUT2D eigenvalue weighted by molar-refractivity contribution is 5.50. The summed E-state index contributed by atoms with van der Waals surface area (Å²) in [6, 6.07) is 4.05. The van der Waals surface area contributed by atoms with Crippen LogP contribution < -0.4 is 10.2 Å². The maximum absolute atomic E-state index is 8.96. The van der Waals surface area contributed by atoms with E-state index in [1.54, 1.807) is 0 Å². The van der Waals surface area contributed by atoms with Crippen LogP contribution in [-0.4, -0.2) is 28.6 Å². The molecular weight excluding hydrogens is 214 g/mol. The van der Waals surface area contributed by atoms with E-state index in [2.05, 4.69) is 40.1 Å². The highest BCUT2D eigenvalue weighted by Gasteiger charge is 2.17. The molecule has 1 N–H and O–H groups in total. The fraction of sp³-hybridized carbons (Fsp3) is 0.583. The molecule has 0 saturated heterocycles. The van der Waals surface area contributed by atoms with Gasteiger partial charge in [-0.25, -0.2) is 9.97 Å². The van der Waals surface area contributed by atoms with Crippen molar-refractivity contribution in [3.05, 3.63) is 12.4 Å². The number of rotatable bonds is 5. The number of hydrogen-bond donors (Lipinski definition) is 1. The van der Waals surface area contributed by atoms with Crippen molar-refractivity contribution in [2.45, 2.75) is 33.2 Å². The van der Waals surface area contributed by atoms with Crippen molar-refractivity contribution < 1.29 is 0 Å². The van der Waals surface area contributed by atoms with Crippen LogP contribution in [0.15, 0.2) is 12.4 Å². The maximum atomic E-state index is 8.96. The minimum absolute atomic E-state index is 0.630. The Morgan fingerprint density at radius 1 is 1.35 bits per heavy atom. The number of anilines is 2. The van der Waals surface area contributed by atoms with Crippen LogP contribution >= 0.6 is 0 Å². The van der Waals surface area contributed by atoms with Crippen LogP contribution in [0.3, 0.4) is 0 Å². The molecule has 0 aromatic carbocycles. The molecule has 92 valence electrons. The average molecular weight is 233 g/mol. The second kappa shape index (κ2) is 5.48. The van der Waals surface area contributed by atoms with Gasteiger partial charge in [0.25, 0.3) is 0 Å². The van der Waals surface area contributed by atoms with Crippen molar-refractivity contribution >= 4 is 11.6 Å². The minimum Gasteiger partial charge on any atom is -0.357 e. The smallest absolute Gasteiger partial charge is 0.134 e. The maximum Gasteiger partial charge on any atom is 0.134 e. The van der Waals surface area contributed by atoms with Gasteiger partial charge in [-0.15, -0.1) is 0 Å². The summed E-state index contributed by atoms with van der Waals surface area (Å²) in [7, 11) is 0. The van der Waals surface area contributed by atoms with Crippen LogP contribution in [0.4, 0.5) is 11.6 Å². The van der Waals surface area contributed by atoms with Gasteiger partial charge in [0, 0.05) is 19.2 Å². The Hall–Kier alpha value is -1.83. The summed E-state index contributed by atoms with van der Waals surface area (Å²) < 4.78 is 0. The van der Waals surface area contributed by atoms with Gasteiger partial charge in [0.15, 0.2) is 0 Å². The van der Waals surface area contributed by atoms with Crippen molar-refractivity contribution in [2.75, 3.05) is 23.3 Å². The van der Waals surface area contributed by atoms with Crippen LogP contribution in [0.1, 0.15) is 27.7 Å². The summed E-state index contributed by atoms with van der Waals surface area (Å²) >= 11 is 0. The van der Waals surface area contributed by atoms with E-state index in [4.69, 9.17) is 5.26 Å². The summed E-state index contributed by atoms with van der Waals surface area (Å²) in [5.74, 6) is 1.55. The molecule has 0 spiro atoms. The first-order valence-corrected chi connectivity index (χ1v) is 5.78. The standard InChI is InChI=1S/C12H19N5/c1-5-17(6-2)11-7-10(14-9-15-11)16-12(3,4)8-13/h7,9H,5-6H2,1-4H3,(H,14,15,16). The van der Waals surface area contributed by atoms with Crippen molar-refractivity contribution in [3.63, 3.8) is 0 Å². The quantitative estimate of drug-likeness (QED) is 0.843. The molecule has 0 fully saturated rings. The zero-order chi connectivity index (χ0) is 12.9. The normalized spacial score (nSPS) is 10.8. The SMILES string of the molecule is CCN(CC)c1cc(NC(C)(C)C#N)ncn1. The van der Waals surface area contributed by atoms with E-state index in [0.717, 1.165) is 18.9 Å². The van der Waals surface area contributed by atoms with E-state index in [1.807, 2.05) is 19.9 Å². The Morgan fingerprint density at radius 3 is 2.53 bits per heavy atom. The number of hydrogen-bond acceptors (Lipinski definition) is 5. The van der Waals surface area contributed by atoms with Crippen molar-refractivity contribution in [1.82, 2.24) is 9.97 Å². The topological polar surface area (TPSA) is 64.8 Å². The van der Waals surface area contributed by atoms with E-state index in [1.165, 1.54) is 6.33 Å². The molecule has 1 heterocycles. The third kappa shape index (κ3) is 3.59. The summed E-state index contributed by atoms with van der Waals surface area (Å²) in [6.07, 6.45) is 1.52. The molecule has 0 aliphatic heterocycles. The Morgan fingerprint density at radius 2 is 2.00 bits per heavy atom. The molecule has 5 heteroatoms. The molecule has 0 aliphatic carbocycles. The number of aromatic nitrogens is 2. The molecule has 5 nitrogen and oxygen atoms in total. The average Bonchev–Trinajstić information content (AvgIpc) is 2.31. The van der Waals surface area contributed by atoms with Gasteiger partial charge in [0.05, 0.1) is 6.07 Å². The second-order valence-corrected chi connectivity index (χ2v) is 4.30. The second-order valence-electron chi connectivity index (χ2n) is 4.30. The largest absolute Gasteiger partial charge is 0.357 e. The van der Waals surface area contributed by atoms with E-state index >= 15 is 0 Å².